The van der Waals surface area contributed by atoms with Crippen LogP contribution >= 0.6 is 0 Å². The quantitative estimate of drug-likeness (QED) is 0.252. The molecule has 0 aliphatic heterocycles. The van der Waals surface area contributed by atoms with Gasteiger partial charge in [-0.05, 0) is 48.7 Å². The van der Waals surface area contributed by atoms with E-state index in [2.05, 4.69) is 20.6 Å². The monoisotopic (exact) mass is 458 g/mol. The van der Waals surface area contributed by atoms with Crippen molar-refractivity contribution < 1.29 is 19.4 Å². The fourth-order valence-electron chi connectivity index (χ4n) is 3.69. The maximum absolute atomic E-state index is 11.7. The zero-order chi connectivity index (χ0) is 23.8. The molecule has 8 heteroatoms. The number of H-pyrrole nitrogens is 1. The molecule has 2 N–H and O–H groups in total. The number of aldehydes is 1. The third-order valence-electron chi connectivity index (χ3n) is 5.54. The molecule has 0 bridgehead atoms. The Bertz CT molecular complexity index is 1210. The standard InChI is InChI=1S/C26H26N4O4/c1-18-24(13-12-22(25(18)32)23(17-31)19-8-3-2-4-9-19)34-15-6-5-14-33-21-11-7-10-20(16-21)26-27-29-30-28-26/h2-4,7-13,16-17,23,32H,5-6,14-15H2,1H3,(H,27,28,29,30). The minimum atomic E-state index is -0.523. The van der Waals surface area contributed by atoms with Crippen LogP contribution in [0.1, 0.15) is 35.4 Å². The van der Waals surface area contributed by atoms with Crippen LogP contribution in [0.25, 0.3) is 11.4 Å². The lowest BCUT2D eigenvalue weighted by molar-refractivity contribution is -0.108. The zero-order valence-electron chi connectivity index (χ0n) is 18.8. The number of phenolic OH excluding ortho intramolecular Hbond substituents is 1. The van der Waals surface area contributed by atoms with Gasteiger partial charge in [0.2, 0.25) is 5.82 Å². The van der Waals surface area contributed by atoms with Crippen LogP contribution in [0.4, 0.5) is 0 Å². The van der Waals surface area contributed by atoms with Gasteiger partial charge in [0.1, 0.15) is 23.5 Å². The number of tetrazole rings is 1. The second-order valence-corrected chi connectivity index (χ2v) is 7.82. The largest absolute Gasteiger partial charge is 0.507 e. The number of hydrogen-bond acceptors (Lipinski definition) is 7. The van der Waals surface area contributed by atoms with Gasteiger partial charge in [-0.1, -0.05) is 48.5 Å². The molecule has 0 aliphatic rings. The number of aromatic nitrogens is 4. The van der Waals surface area contributed by atoms with Crippen molar-refractivity contribution in [3.8, 4) is 28.6 Å². The Balaban J connectivity index is 1.27. The minimum absolute atomic E-state index is 0.0864. The highest BCUT2D eigenvalue weighted by molar-refractivity contribution is 5.71. The van der Waals surface area contributed by atoms with Crippen molar-refractivity contribution in [2.24, 2.45) is 0 Å². The van der Waals surface area contributed by atoms with Gasteiger partial charge in [0.15, 0.2) is 0 Å². The number of nitrogens with zero attached hydrogens (tertiary/aromatic N) is 3. The Labute approximate surface area is 197 Å². The van der Waals surface area contributed by atoms with E-state index in [1.165, 1.54) is 0 Å². The van der Waals surface area contributed by atoms with Crippen LogP contribution in [0.5, 0.6) is 17.2 Å². The number of nitrogens with one attached hydrogen (secondary N) is 1. The first kappa shape index (κ1) is 23.0. The molecule has 8 nitrogen and oxygen atoms in total. The number of carbonyl (C=O) groups is 1. The Morgan fingerprint density at radius 2 is 1.79 bits per heavy atom. The second kappa shape index (κ2) is 11.1. The van der Waals surface area contributed by atoms with Crippen LogP contribution in [-0.4, -0.2) is 45.2 Å². The molecule has 1 unspecified atom stereocenters. The van der Waals surface area contributed by atoms with Crippen molar-refractivity contribution in [1.29, 1.82) is 0 Å². The number of benzene rings is 3. The SMILES string of the molecule is Cc1c(OCCCCOc2cccc(-c3nn[nH]n3)c2)ccc(C(C=O)c2ccccc2)c1O. The van der Waals surface area contributed by atoms with Crippen molar-refractivity contribution >= 4 is 6.29 Å². The van der Waals surface area contributed by atoms with E-state index < -0.39 is 5.92 Å². The number of aromatic amines is 1. The second-order valence-electron chi connectivity index (χ2n) is 7.82. The molecule has 0 radical (unpaired) electrons. The molecule has 174 valence electrons. The zero-order valence-corrected chi connectivity index (χ0v) is 18.8. The summed E-state index contributed by atoms with van der Waals surface area (Å²) in [7, 11) is 0. The molecule has 0 saturated carbocycles. The summed E-state index contributed by atoms with van der Waals surface area (Å²) in [6, 6.07) is 20.5. The van der Waals surface area contributed by atoms with Gasteiger partial charge < -0.3 is 19.4 Å². The van der Waals surface area contributed by atoms with E-state index in [9.17, 15) is 9.90 Å². The molecule has 4 rings (SSSR count). The predicted octanol–water partition coefficient (Wildman–Crippen LogP) is 4.45. The van der Waals surface area contributed by atoms with Crippen LogP contribution in [0.3, 0.4) is 0 Å². The molecule has 4 aromatic rings. The summed E-state index contributed by atoms with van der Waals surface area (Å²) in [6.07, 6.45) is 2.44. The molecule has 0 spiro atoms. The van der Waals surface area contributed by atoms with Gasteiger partial charge in [0, 0.05) is 16.7 Å². The molecule has 0 saturated heterocycles. The van der Waals surface area contributed by atoms with Gasteiger partial charge in [0.25, 0.3) is 0 Å². The average molecular weight is 459 g/mol. The Hall–Kier alpha value is -4.20. The van der Waals surface area contributed by atoms with Crippen molar-refractivity contribution in [2.75, 3.05) is 13.2 Å². The molecule has 1 atom stereocenters. The van der Waals surface area contributed by atoms with E-state index in [4.69, 9.17) is 9.47 Å². The first-order valence-corrected chi connectivity index (χ1v) is 11.1. The van der Waals surface area contributed by atoms with Crippen molar-refractivity contribution in [3.05, 3.63) is 83.4 Å². The minimum Gasteiger partial charge on any atom is -0.507 e. The summed E-state index contributed by atoms with van der Waals surface area (Å²) in [5, 5.41) is 24.7. The van der Waals surface area contributed by atoms with E-state index in [0.29, 0.717) is 35.9 Å². The normalized spacial score (nSPS) is 11.7. The number of rotatable bonds is 11. The summed E-state index contributed by atoms with van der Waals surface area (Å²) >= 11 is 0. The van der Waals surface area contributed by atoms with Gasteiger partial charge in [-0.15, -0.1) is 10.2 Å². The van der Waals surface area contributed by atoms with E-state index in [-0.39, 0.29) is 5.75 Å². The predicted molar refractivity (Wildman–Crippen MR) is 127 cm³/mol. The van der Waals surface area contributed by atoms with Gasteiger partial charge in [-0.25, -0.2) is 0 Å². The first-order valence-electron chi connectivity index (χ1n) is 11.1. The molecule has 3 aromatic carbocycles. The molecular formula is C26H26N4O4. The fraction of sp³-hybridized carbons (Fsp3) is 0.231. The van der Waals surface area contributed by atoms with Gasteiger partial charge in [-0.2, -0.15) is 5.21 Å². The number of unbranched alkanes of at least 4 members (excludes halogenated alkanes) is 1. The molecule has 1 heterocycles. The molecule has 34 heavy (non-hydrogen) atoms. The van der Waals surface area contributed by atoms with Crippen molar-refractivity contribution in [2.45, 2.75) is 25.7 Å². The van der Waals surface area contributed by atoms with Crippen LogP contribution in [0.2, 0.25) is 0 Å². The molecule has 0 aliphatic carbocycles. The van der Waals surface area contributed by atoms with E-state index in [0.717, 1.165) is 36.0 Å². The van der Waals surface area contributed by atoms with E-state index in [1.54, 1.807) is 13.0 Å². The molecule has 0 fully saturated rings. The average Bonchev–Trinajstić information content (AvgIpc) is 3.41. The highest BCUT2D eigenvalue weighted by atomic mass is 16.5. The van der Waals surface area contributed by atoms with Gasteiger partial charge in [-0.3, -0.25) is 0 Å². The van der Waals surface area contributed by atoms with E-state index in [1.807, 2.05) is 60.7 Å². The van der Waals surface area contributed by atoms with Gasteiger partial charge in [0.05, 0.1) is 19.1 Å². The van der Waals surface area contributed by atoms with Crippen molar-refractivity contribution in [1.82, 2.24) is 20.6 Å². The fourth-order valence-corrected chi connectivity index (χ4v) is 3.69. The Kier molecular flexibility index (Phi) is 7.49. The summed E-state index contributed by atoms with van der Waals surface area (Å²) < 4.78 is 11.7. The van der Waals surface area contributed by atoms with Crippen LogP contribution in [0, 0.1) is 6.92 Å². The first-order chi connectivity index (χ1) is 16.7. The van der Waals surface area contributed by atoms with Crippen LogP contribution in [-0.2, 0) is 4.79 Å². The molecular weight excluding hydrogens is 432 g/mol. The van der Waals surface area contributed by atoms with Gasteiger partial charge >= 0.3 is 0 Å². The summed E-state index contributed by atoms with van der Waals surface area (Å²) in [6.45, 7) is 2.82. The third kappa shape index (κ3) is 5.40. The lowest BCUT2D eigenvalue weighted by Crippen LogP contribution is -2.06. The smallest absolute Gasteiger partial charge is 0.204 e. The highest BCUT2D eigenvalue weighted by Crippen LogP contribution is 2.36. The maximum Gasteiger partial charge on any atom is 0.204 e. The Morgan fingerprint density at radius 1 is 1.00 bits per heavy atom. The Morgan fingerprint density at radius 3 is 2.53 bits per heavy atom. The summed E-state index contributed by atoms with van der Waals surface area (Å²) in [5.74, 6) is 1.43. The van der Waals surface area contributed by atoms with Crippen LogP contribution in [0.15, 0.2) is 66.7 Å². The number of aromatic hydroxyl groups is 1. The van der Waals surface area contributed by atoms with Crippen molar-refractivity contribution in [3.63, 3.8) is 0 Å². The number of hydrogen-bond donors (Lipinski definition) is 2. The maximum atomic E-state index is 11.7. The number of phenols is 1. The lowest BCUT2D eigenvalue weighted by atomic mass is 9.90. The van der Waals surface area contributed by atoms with Crippen LogP contribution < -0.4 is 9.47 Å². The summed E-state index contributed by atoms with van der Waals surface area (Å²) in [4.78, 5) is 11.7. The summed E-state index contributed by atoms with van der Waals surface area (Å²) in [5.41, 5.74) is 2.86. The topological polar surface area (TPSA) is 110 Å². The molecule has 0 amide bonds. The number of ether oxygens (including phenoxy) is 2. The third-order valence-corrected chi connectivity index (χ3v) is 5.54. The molecule has 1 aromatic heterocycles. The van der Waals surface area contributed by atoms with E-state index >= 15 is 0 Å². The lowest BCUT2D eigenvalue weighted by Gasteiger charge is -2.17. The highest BCUT2D eigenvalue weighted by Gasteiger charge is 2.20. The number of carbonyl (C=O) groups excluding carboxylic acids is 1.